The minimum atomic E-state index is -3.71. The molecular weight excluding hydrogens is 641 g/mol. The molecule has 0 radical (unpaired) electrons. The Hall–Kier alpha value is -3.86. The summed E-state index contributed by atoms with van der Waals surface area (Å²) in [6, 6.07) is 11.9. The van der Waals surface area contributed by atoms with E-state index in [4.69, 9.17) is 4.74 Å². The van der Waals surface area contributed by atoms with Crippen molar-refractivity contribution < 1.29 is 27.5 Å². The van der Waals surface area contributed by atoms with Crippen LogP contribution in [-0.2, 0) is 26.2 Å². The van der Waals surface area contributed by atoms with Gasteiger partial charge >= 0.3 is 0 Å². The number of hydrogen-bond acceptors (Lipinski definition) is 6. The van der Waals surface area contributed by atoms with E-state index in [1.165, 1.54) is 12.0 Å². The zero-order valence-corrected chi connectivity index (χ0v) is 29.1. The molecule has 0 spiro atoms. The van der Waals surface area contributed by atoms with Crippen LogP contribution in [0.4, 0.5) is 0 Å². The molecule has 2 saturated heterocycles. The van der Waals surface area contributed by atoms with Crippen LogP contribution in [0.25, 0.3) is 22.2 Å². The average molecular weight is 685 g/mol. The number of amides is 3. The molecule has 3 aromatic rings. The summed E-state index contributed by atoms with van der Waals surface area (Å²) < 4.78 is 35.8. The highest BCUT2D eigenvalue weighted by Gasteiger charge is 2.64. The van der Waals surface area contributed by atoms with Crippen LogP contribution in [0.3, 0.4) is 0 Å². The molecule has 11 heteroatoms. The number of ether oxygens (including phenoxy) is 1. The van der Waals surface area contributed by atoms with E-state index in [1.54, 1.807) is 20.1 Å². The summed E-state index contributed by atoms with van der Waals surface area (Å²) in [5, 5.41) is 0.580. The number of carbonyl (C=O) groups is 3. The number of likely N-dealkylation sites (tertiary alicyclic amines) is 2. The lowest BCUT2D eigenvalue weighted by atomic mass is 9.81. The topological polar surface area (TPSA) is 118 Å². The molecule has 4 heterocycles. The molecule has 49 heavy (non-hydrogen) atoms. The second kappa shape index (κ2) is 11.1. The number of nitrogens with one attached hydrogen (secondary N) is 1. The second-order valence-electron chi connectivity index (χ2n) is 15.6. The first-order valence-corrected chi connectivity index (χ1v) is 19.6. The Morgan fingerprint density at radius 2 is 1.61 bits per heavy atom. The molecule has 3 aliphatic carbocycles. The molecule has 0 bridgehead atoms. The van der Waals surface area contributed by atoms with Crippen molar-refractivity contribution >= 4 is 38.6 Å². The monoisotopic (exact) mass is 684 g/mol. The van der Waals surface area contributed by atoms with Gasteiger partial charge in [0, 0.05) is 79.4 Å². The highest BCUT2D eigenvalue weighted by molar-refractivity contribution is 7.91. The number of carbonyl (C=O) groups excluding carboxylic acids is 3. The highest BCUT2D eigenvalue weighted by atomic mass is 32.2. The molecule has 3 amide bonds. The summed E-state index contributed by atoms with van der Waals surface area (Å²) in [5.74, 6) is 1.41. The van der Waals surface area contributed by atoms with Crippen LogP contribution in [0, 0.1) is 17.3 Å². The van der Waals surface area contributed by atoms with E-state index in [1.807, 2.05) is 23.1 Å². The van der Waals surface area contributed by atoms with E-state index in [0.29, 0.717) is 68.9 Å². The maximum atomic E-state index is 14.9. The van der Waals surface area contributed by atoms with Crippen LogP contribution in [-0.4, -0.2) is 79.0 Å². The zero-order chi connectivity index (χ0) is 33.8. The van der Waals surface area contributed by atoms with Gasteiger partial charge in [-0.25, -0.2) is 13.1 Å². The Bertz CT molecular complexity index is 2010. The van der Waals surface area contributed by atoms with Gasteiger partial charge in [0.1, 0.15) is 5.75 Å². The predicted molar refractivity (Wildman–Crippen MR) is 185 cm³/mol. The van der Waals surface area contributed by atoms with Gasteiger partial charge in [0.2, 0.25) is 21.8 Å². The van der Waals surface area contributed by atoms with Crippen LogP contribution in [0.15, 0.2) is 36.4 Å². The number of fused-ring (bicyclic) bond motifs is 8. The number of hydrogen-bond donors (Lipinski definition) is 1. The summed E-state index contributed by atoms with van der Waals surface area (Å²) in [5.41, 5.74) is 5.20. The zero-order valence-electron chi connectivity index (χ0n) is 28.2. The number of aromatic nitrogens is 1. The summed E-state index contributed by atoms with van der Waals surface area (Å²) in [7, 11) is -2.03. The van der Waals surface area contributed by atoms with Gasteiger partial charge in [0.25, 0.3) is 5.91 Å². The third-order valence-corrected chi connectivity index (χ3v) is 14.4. The highest BCUT2D eigenvalue weighted by Crippen LogP contribution is 2.66. The lowest BCUT2D eigenvalue weighted by molar-refractivity contribution is -0.137. The fraction of sp³-hybridized carbons (Fsp3) is 0.553. The van der Waals surface area contributed by atoms with Crippen molar-refractivity contribution in [3.05, 3.63) is 53.1 Å². The van der Waals surface area contributed by atoms with Crippen LogP contribution < -0.4 is 9.46 Å². The van der Waals surface area contributed by atoms with Gasteiger partial charge in [-0.05, 0) is 79.5 Å². The molecule has 2 aromatic carbocycles. The molecule has 6 aliphatic rings. The maximum absolute atomic E-state index is 14.9. The van der Waals surface area contributed by atoms with Crippen LogP contribution in [0.5, 0.6) is 5.75 Å². The first kappa shape index (κ1) is 31.1. The minimum absolute atomic E-state index is 0.0311. The van der Waals surface area contributed by atoms with Crippen LogP contribution >= 0.6 is 0 Å². The number of sulfonamides is 1. The van der Waals surface area contributed by atoms with Gasteiger partial charge in [-0.3, -0.25) is 14.4 Å². The molecule has 1 N–H and O–H groups in total. The van der Waals surface area contributed by atoms with Gasteiger partial charge < -0.3 is 19.1 Å². The van der Waals surface area contributed by atoms with Gasteiger partial charge in [0.05, 0.1) is 23.5 Å². The van der Waals surface area contributed by atoms with E-state index in [-0.39, 0.29) is 17.7 Å². The molecule has 10 nitrogen and oxygen atoms in total. The molecule has 5 fully saturated rings. The van der Waals surface area contributed by atoms with Crippen molar-refractivity contribution in [1.29, 1.82) is 0 Å². The first-order valence-electron chi connectivity index (χ1n) is 18.0. The Kier molecular flexibility index (Phi) is 7.04. The predicted octanol–water partition coefficient (Wildman–Crippen LogP) is 5.01. The lowest BCUT2D eigenvalue weighted by Gasteiger charge is -2.27. The normalized spacial score (nSPS) is 27.6. The fourth-order valence-corrected chi connectivity index (χ4v) is 11.1. The van der Waals surface area contributed by atoms with E-state index >= 15 is 0 Å². The number of nitrogens with zero attached hydrogens (tertiary/aromatic N) is 3. The second-order valence-corrected chi connectivity index (χ2v) is 17.6. The number of methoxy groups -OCH3 is 1. The van der Waals surface area contributed by atoms with Crippen molar-refractivity contribution in [3.63, 3.8) is 0 Å². The molecule has 4 atom stereocenters. The van der Waals surface area contributed by atoms with Crippen molar-refractivity contribution in [3.8, 4) is 17.0 Å². The molecule has 9 rings (SSSR count). The first-order chi connectivity index (χ1) is 23.6. The van der Waals surface area contributed by atoms with Gasteiger partial charge in [0.15, 0.2) is 0 Å². The molecule has 3 aliphatic heterocycles. The Morgan fingerprint density at radius 3 is 2.29 bits per heavy atom. The van der Waals surface area contributed by atoms with Gasteiger partial charge in [-0.1, -0.05) is 25.3 Å². The Morgan fingerprint density at radius 1 is 0.898 bits per heavy atom. The van der Waals surface area contributed by atoms with E-state index in [0.717, 1.165) is 65.6 Å². The SMILES string of the molecule is COc1ccc2c(c1)C1CC1(C(=O)N1CC3CN(C(C)=O)CC3C1)Cn1c-2c(C2CCCCC2)c2ccc(C(=O)NS(=O)(=O)C3CC3)cc21. The van der Waals surface area contributed by atoms with E-state index in [2.05, 4.69) is 26.3 Å². The summed E-state index contributed by atoms with van der Waals surface area (Å²) >= 11 is 0. The smallest absolute Gasteiger partial charge is 0.264 e. The van der Waals surface area contributed by atoms with E-state index in [9.17, 15) is 22.8 Å². The Balaban J connectivity index is 1.17. The van der Waals surface area contributed by atoms with E-state index < -0.39 is 26.6 Å². The Labute approximate surface area is 287 Å². The van der Waals surface area contributed by atoms with Gasteiger partial charge in [-0.2, -0.15) is 0 Å². The van der Waals surface area contributed by atoms with Crippen LogP contribution in [0.1, 0.15) is 91.6 Å². The van der Waals surface area contributed by atoms with Crippen LogP contribution in [0.2, 0.25) is 0 Å². The summed E-state index contributed by atoms with van der Waals surface area (Å²) in [6.07, 6.45) is 7.60. The molecule has 1 aromatic heterocycles. The van der Waals surface area contributed by atoms with Crippen molar-refractivity contribution in [2.24, 2.45) is 17.3 Å². The largest absolute Gasteiger partial charge is 0.497 e. The third-order valence-electron chi connectivity index (χ3n) is 12.6. The van der Waals surface area contributed by atoms with Crippen molar-refractivity contribution in [2.45, 2.75) is 81.9 Å². The fourth-order valence-electron chi connectivity index (χ4n) is 9.80. The number of benzene rings is 2. The van der Waals surface area contributed by atoms with Crippen molar-refractivity contribution in [2.75, 3.05) is 33.3 Å². The maximum Gasteiger partial charge on any atom is 0.264 e. The molecule has 258 valence electrons. The molecule has 3 saturated carbocycles. The summed E-state index contributed by atoms with van der Waals surface area (Å²) in [4.78, 5) is 44.3. The number of rotatable bonds is 6. The quantitative estimate of drug-likeness (QED) is 0.390. The average Bonchev–Trinajstić information content (AvgIpc) is 3.97. The molecular formula is C38H44N4O6S. The molecule has 4 unspecified atom stereocenters. The third kappa shape index (κ3) is 4.93. The summed E-state index contributed by atoms with van der Waals surface area (Å²) in [6.45, 7) is 4.86. The standard InChI is InChI=1S/C38H44N4O6S/c1-22(43)40-17-25-19-41(20-26(25)18-40)37(45)38-16-32(38)31-15-27(48-2)9-13-29(31)35-34(23-6-4-3-5-7-23)30-12-8-24(14-33(30)42(35)21-38)36(44)39-49(46,47)28-10-11-28/h8-9,12-15,23,25-26,28,32H,3-7,10-11,16-21H2,1-2H3,(H,39,44). The van der Waals surface area contributed by atoms with Crippen molar-refractivity contribution in [1.82, 2.24) is 19.1 Å². The minimum Gasteiger partial charge on any atom is -0.497 e. The van der Waals surface area contributed by atoms with Gasteiger partial charge in [-0.15, -0.1) is 0 Å². The lowest BCUT2D eigenvalue weighted by Crippen LogP contribution is -2.40.